The highest BCUT2D eigenvalue weighted by atomic mass is 35.5. The number of hydrogen-bond acceptors (Lipinski definition) is 7. The zero-order chi connectivity index (χ0) is 18.2. The molecule has 1 amide bonds. The third-order valence-electron chi connectivity index (χ3n) is 3.76. The minimum absolute atomic E-state index is 0.184. The molecular formula is C16H20ClN5O3. The molecule has 8 nitrogen and oxygen atoms in total. The second kappa shape index (κ2) is 6.61. The van der Waals surface area contributed by atoms with Crippen LogP contribution in [-0.4, -0.2) is 62.1 Å². The van der Waals surface area contributed by atoms with Crippen LogP contribution in [0, 0.1) is 0 Å². The first-order valence-corrected chi connectivity index (χ1v) is 8.32. The lowest BCUT2D eigenvalue weighted by molar-refractivity contribution is 0.0270. The van der Waals surface area contributed by atoms with Gasteiger partial charge < -0.3 is 20.1 Å². The first-order chi connectivity index (χ1) is 11.7. The molecular weight excluding hydrogens is 346 g/mol. The summed E-state index contributed by atoms with van der Waals surface area (Å²) < 4.78 is 5.35. The molecule has 134 valence electrons. The zero-order valence-corrected chi connectivity index (χ0v) is 15.0. The van der Waals surface area contributed by atoms with Gasteiger partial charge in [-0.25, -0.2) is 4.79 Å². The minimum Gasteiger partial charge on any atom is -0.444 e. The number of carbonyl (C=O) groups excluding carboxylic acids is 1. The van der Waals surface area contributed by atoms with E-state index < -0.39 is 23.8 Å². The largest absolute Gasteiger partial charge is 0.444 e. The second-order valence-corrected chi connectivity index (χ2v) is 7.30. The topological polar surface area (TPSA) is 100 Å². The summed E-state index contributed by atoms with van der Waals surface area (Å²) in [5.74, 6) is 0.461. The number of carbonyl (C=O) groups is 1. The number of β-amino-alcohol motifs (C(OH)–C–C–N with tert-alkyl or cyclic N) is 1. The number of rotatable bonds is 2. The van der Waals surface area contributed by atoms with Crippen molar-refractivity contribution in [3.63, 3.8) is 0 Å². The fraction of sp³-hybridized carbons (Fsp3) is 0.500. The Hall–Kier alpha value is -2.19. The van der Waals surface area contributed by atoms with E-state index in [4.69, 9.17) is 16.3 Å². The molecule has 2 atom stereocenters. The Kier molecular flexibility index (Phi) is 4.66. The maximum atomic E-state index is 12.2. The number of nitrogens with one attached hydrogen (secondary N) is 1. The first kappa shape index (κ1) is 17.6. The predicted molar refractivity (Wildman–Crippen MR) is 93.6 cm³/mol. The van der Waals surface area contributed by atoms with E-state index in [2.05, 4.69) is 20.5 Å². The Morgan fingerprint density at radius 3 is 2.88 bits per heavy atom. The third kappa shape index (κ3) is 3.91. The van der Waals surface area contributed by atoms with Gasteiger partial charge in [0, 0.05) is 18.1 Å². The van der Waals surface area contributed by atoms with Crippen LogP contribution >= 0.6 is 11.6 Å². The molecule has 3 heterocycles. The lowest BCUT2D eigenvalue weighted by atomic mass is 10.2. The fourth-order valence-electron chi connectivity index (χ4n) is 2.64. The number of halogens is 1. The highest BCUT2D eigenvalue weighted by Gasteiger charge is 2.36. The Balaban J connectivity index is 1.76. The van der Waals surface area contributed by atoms with Crippen LogP contribution in [0.1, 0.15) is 20.8 Å². The molecule has 2 aromatic heterocycles. The predicted octanol–water partition coefficient (Wildman–Crippen LogP) is 2.07. The molecule has 1 aliphatic heterocycles. The molecule has 9 heteroatoms. The molecule has 2 N–H and O–H groups in total. The van der Waals surface area contributed by atoms with Gasteiger partial charge in [0.25, 0.3) is 0 Å². The molecule has 25 heavy (non-hydrogen) atoms. The number of fused-ring (bicyclic) bond motifs is 1. The van der Waals surface area contributed by atoms with Crippen LogP contribution in [-0.2, 0) is 4.74 Å². The van der Waals surface area contributed by atoms with Gasteiger partial charge in [-0.1, -0.05) is 11.6 Å². The van der Waals surface area contributed by atoms with E-state index in [1.165, 1.54) is 4.90 Å². The van der Waals surface area contributed by atoms with E-state index in [-0.39, 0.29) is 11.7 Å². The van der Waals surface area contributed by atoms with Crippen LogP contribution in [0.3, 0.4) is 0 Å². The van der Waals surface area contributed by atoms with E-state index in [1.807, 2.05) is 6.07 Å². The monoisotopic (exact) mass is 365 g/mol. The van der Waals surface area contributed by atoms with E-state index in [0.29, 0.717) is 23.3 Å². The highest BCUT2D eigenvalue weighted by molar-refractivity contribution is 6.33. The van der Waals surface area contributed by atoms with Crippen molar-refractivity contribution in [2.45, 2.75) is 38.5 Å². The summed E-state index contributed by atoms with van der Waals surface area (Å²) in [6.45, 7) is 5.88. The van der Waals surface area contributed by atoms with E-state index in [9.17, 15) is 9.90 Å². The van der Waals surface area contributed by atoms with Gasteiger partial charge in [0.1, 0.15) is 11.1 Å². The summed E-state index contributed by atoms with van der Waals surface area (Å²) in [6.07, 6.45) is 0.412. The molecule has 1 saturated heterocycles. The number of aliphatic hydroxyl groups is 1. The number of nitrogens with zero attached hydrogens (tertiary/aromatic N) is 4. The number of pyridine rings is 1. The van der Waals surface area contributed by atoms with Crippen molar-refractivity contribution in [2.75, 3.05) is 18.4 Å². The molecule has 0 unspecified atom stereocenters. The van der Waals surface area contributed by atoms with Crippen molar-refractivity contribution < 1.29 is 14.6 Å². The van der Waals surface area contributed by atoms with Gasteiger partial charge in [0.15, 0.2) is 11.0 Å². The van der Waals surface area contributed by atoms with Crippen LogP contribution in [0.2, 0.25) is 5.15 Å². The van der Waals surface area contributed by atoms with Gasteiger partial charge in [-0.3, -0.25) is 4.98 Å². The van der Waals surface area contributed by atoms with Crippen molar-refractivity contribution in [2.24, 2.45) is 0 Å². The van der Waals surface area contributed by atoms with Crippen molar-refractivity contribution in [1.29, 1.82) is 0 Å². The molecule has 0 bridgehead atoms. The van der Waals surface area contributed by atoms with Gasteiger partial charge in [0.05, 0.1) is 18.7 Å². The van der Waals surface area contributed by atoms with Crippen molar-refractivity contribution in [3.8, 4) is 0 Å². The van der Waals surface area contributed by atoms with E-state index in [1.54, 1.807) is 33.0 Å². The van der Waals surface area contributed by atoms with Crippen LogP contribution < -0.4 is 5.32 Å². The number of aromatic nitrogens is 3. The molecule has 0 aromatic carbocycles. The number of hydrogen-bond donors (Lipinski definition) is 2. The Morgan fingerprint density at radius 1 is 1.40 bits per heavy atom. The van der Waals surface area contributed by atoms with Gasteiger partial charge in [-0.05, 0) is 32.9 Å². The summed E-state index contributed by atoms with van der Waals surface area (Å²) in [4.78, 5) is 17.8. The van der Waals surface area contributed by atoms with Gasteiger partial charge in [0.2, 0.25) is 0 Å². The SMILES string of the molecule is CC(C)(C)OC(=O)N1C[C@H](O)[C@H](Nc2nnc(Cl)c3ncccc23)C1. The van der Waals surface area contributed by atoms with Crippen molar-refractivity contribution in [3.05, 3.63) is 23.5 Å². The summed E-state index contributed by atoms with van der Waals surface area (Å²) >= 11 is 6.02. The van der Waals surface area contributed by atoms with Crippen molar-refractivity contribution in [1.82, 2.24) is 20.1 Å². The molecule has 2 aromatic rings. The van der Waals surface area contributed by atoms with Gasteiger partial charge in [-0.15, -0.1) is 10.2 Å². The molecule has 1 fully saturated rings. The minimum atomic E-state index is -0.753. The Labute approximate surface area is 150 Å². The smallest absolute Gasteiger partial charge is 0.410 e. The van der Waals surface area contributed by atoms with E-state index in [0.717, 1.165) is 0 Å². The number of ether oxygens (including phenoxy) is 1. The lowest BCUT2D eigenvalue weighted by Gasteiger charge is -2.24. The number of likely N-dealkylation sites (tertiary alicyclic amines) is 1. The van der Waals surface area contributed by atoms with Crippen LogP contribution in [0.4, 0.5) is 10.6 Å². The Morgan fingerprint density at radius 2 is 2.16 bits per heavy atom. The molecule has 1 aliphatic rings. The lowest BCUT2D eigenvalue weighted by Crippen LogP contribution is -2.36. The number of amides is 1. The summed E-state index contributed by atoms with van der Waals surface area (Å²) in [5, 5.41) is 22.3. The third-order valence-corrected chi connectivity index (χ3v) is 4.01. The standard InChI is InChI=1S/C16H20ClN5O3/c1-16(2,3)25-15(24)22-7-10(11(23)8-22)19-14-9-5-4-6-18-12(9)13(17)20-21-14/h4-6,10-11,23H,7-8H2,1-3H3,(H,19,21)/t10-,11+/m1/s1. The molecule has 0 aliphatic carbocycles. The zero-order valence-electron chi connectivity index (χ0n) is 14.2. The first-order valence-electron chi connectivity index (χ1n) is 7.94. The average molecular weight is 366 g/mol. The van der Waals surface area contributed by atoms with Gasteiger partial charge in [-0.2, -0.15) is 0 Å². The fourth-order valence-corrected chi connectivity index (χ4v) is 2.83. The molecule has 0 saturated carbocycles. The Bertz CT molecular complexity index is 795. The summed E-state index contributed by atoms with van der Waals surface area (Å²) in [5.41, 5.74) is -0.0602. The summed E-state index contributed by atoms with van der Waals surface area (Å²) in [7, 11) is 0. The molecule has 0 radical (unpaired) electrons. The maximum Gasteiger partial charge on any atom is 0.410 e. The van der Waals surface area contributed by atoms with Crippen LogP contribution in [0.25, 0.3) is 10.9 Å². The maximum absolute atomic E-state index is 12.2. The highest BCUT2D eigenvalue weighted by Crippen LogP contribution is 2.26. The average Bonchev–Trinajstić information content (AvgIpc) is 2.90. The van der Waals surface area contributed by atoms with Crippen LogP contribution in [0.15, 0.2) is 18.3 Å². The normalized spacial score (nSPS) is 20.8. The second-order valence-electron chi connectivity index (χ2n) is 6.94. The van der Waals surface area contributed by atoms with E-state index >= 15 is 0 Å². The van der Waals surface area contributed by atoms with Crippen molar-refractivity contribution >= 4 is 34.4 Å². The number of anilines is 1. The molecule has 3 rings (SSSR count). The van der Waals surface area contributed by atoms with Gasteiger partial charge >= 0.3 is 6.09 Å². The molecule has 0 spiro atoms. The van der Waals surface area contributed by atoms with Crippen LogP contribution in [0.5, 0.6) is 0 Å². The number of aliphatic hydroxyl groups excluding tert-OH is 1. The summed E-state index contributed by atoms with van der Waals surface area (Å²) in [6, 6.07) is 3.19. The quantitative estimate of drug-likeness (QED) is 0.840.